The van der Waals surface area contributed by atoms with E-state index >= 15 is 0 Å². The summed E-state index contributed by atoms with van der Waals surface area (Å²) in [5, 5.41) is 3.00. The van der Waals surface area contributed by atoms with Crippen molar-refractivity contribution in [2.24, 2.45) is 0 Å². The fourth-order valence-corrected chi connectivity index (χ4v) is 2.31. The topological polar surface area (TPSA) is 73.6 Å². The molecule has 0 aliphatic carbocycles. The molecule has 0 bridgehead atoms. The smallest absolute Gasteiger partial charge is 0.253 e. The molecule has 1 aliphatic heterocycles. The van der Waals surface area contributed by atoms with Crippen LogP contribution in [0.25, 0.3) is 0 Å². The Labute approximate surface area is 113 Å². The van der Waals surface area contributed by atoms with Gasteiger partial charge in [0, 0.05) is 12.6 Å². The van der Waals surface area contributed by atoms with Crippen LogP contribution >= 0.6 is 0 Å². The molecule has 3 N–H and O–H groups in total. The second-order valence-electron chi connectivity index (χ2n) is 4.80. The zero-order valence-corrected chi connectivity index (χ0v) is 11.3. The van der Waals surface area contributed by atoms with Gasteiger partial charge in [-0.3, -0.25) is 4.79 Å². The number of carbonyl (C=O) groups is 1. The summed E-state index contributed by atoms with van der Waals surface area (Å²) in [6.07, 6.45) is 1.84. The molecule has 0 aromatic heterocycles. The monoisotopic (exact) mass is 264 g/mol. The van der Waals surface area contributed by atoms with E-state index in [2.05, 4.69) is 5.32 Å². The number of amides is 1. The molecule has 0 radical (unpaired) electrons. The van der Waals surface area contributed by atoms with Crippen LogP contribution in [-0.2, 0) is 4.74 Å². The summed E-state index contributed by atoms with van der Waals surface area (Å²) in [7, 11) is 1.54. The Kier molecular flexibility index (Phi) is 4.27. The molecule has 5 heteroatoms. The molecular formula is C14H20N2O3. The maximum Gasteiger partial charge on any atom is 0.253 e. The molecule has 1 saturated heterocycles. The minimum atomic E-state index is -0.157. The molecule has 1 heterocycles. The average Bonchev–Trinajstić information content (AvgIpc) is 2.39. The quantitative estimate of drug-likeness (QED) is 0.813. The molecule has 1 fully saturated rings. The van der Waals surface area contributed by atoms with E-state index in [1.165, 1.54) is 7.11 Å². The Morgan fingerprint density at radius 1 is 1.53 bits per heavy atom. The van der Waals surface area contributed by atoms with Gasteiger partial charge in [-0.2, -0.15) is 0 Å². The second kappa shape index (κ2) is 5.93. The highest BCUT2D eigenvalue weighted by Crippen LogP contribution is 2.25. The maximum atomic E-state index is 12.2. The number of carbonyl (C=O) groups excluding carboxylic acids is 1. The molecule has 0 saturated carbocycles. The van der Waals surface area contributed by atoms with Gasteiger partial charge in [-0.25, -0.2) is 0 Å². The lowest BCUT2D eigenvalue weighted by Gasteiger charge is -2.28. The van der Waals surface area contributed by atoms with Crippen LogP contribution in [0.2, 0.25) is 0 Å². The van der Waals surface area contributed by atoms with Gasteiger partial charge in [0.15, 0.2) is 0 Å². The first-order valence-electron chi connectivity index (χ1n) is 6.46. The first kappa shape index (κ1) is 13.7. The predicted molar refractivity (Wildman–Crippen MR) is 73.3 cm³/mol. The lowest BCUT2D eigenvalue weighted by atomic mass is 10.0. The summed E-state index contributed by atoms with van der Waals surface area (Å²) in [5.74, 6) is 0.364. The lowest BCUT2D eigenvalue weighted by molar-refractivity contribution is 0.0137. The molecule has 104 valence electrons. The zero-order valence-electron chi connectivity index (χ0n) is 11.3. The van der Waals surface area contributed by atoms with Gasteiger partial charge in [0.2, 0.25) is 0 Å². The largest absolute Gasteiger partial charge is 0.495 e. The predicted octanol–water partition coefficient (Wildman–Crippen LogP) is 1.57. The number of hydrogen-bond donors (Lipinski definition) is 2. The first-order chi connectivity index (χ1) is 9.11. The fraction of sp³-hybridized carbons (Fsp3) is 0.500. The van der Waals surface area contributed by atoms with Crippen molar-refractivity contribution in [2.75, 3.05) is 19.5 Å². The van der Waals surface area contributed by atoms with Crippen molar-refractivity contribution in [3.05, 3.63) is 23.8 Å². The van der Waals surface area contributed by atoms with E-state index in [1.54, 1.807) is 18.2 Å². The van der Waals surface area contributed by atoms with Gasteiger partial charge in [0.1, 0.15) is 5.75 Å². The Morgan fingerprint density at radius 2 is 2.32 bits per heavy atom. The number of ether oxygens (including phenoxy) is 2. The van der Waals surface area contributed by atoms with Gasteiger partial charge in [-0.05, 0) is 31.9 Å². The molecule has 1 aliphatic rings. The minimum absolute atomic E-state index is 0.141. The standard InChI is InChI=1S/C14H20N2O3/c1-9-8-10(6-7-19-9)16-14(17)11-4-3-5-12(18-2)13(11)15/h3-5,9-10H,6-8,15H2,1-2H3,(H,16,17). The van der Waals surface area contributed by atoms with Crippen LogP contribution in [-0.4, -0.2) is 31.8 Å². The number of para-hydroxylation sites is 1. The summed E-state index contributed by atoms with van der Waals surface area (Å²) in [5.41, 5.74) is 6.75. The summed E-state index contributed by atoms with van der Waals surface area (Å²) < 4.78 is 10.6. The third kappa shape index (κ3) is 3.17. The highest BCUT2D eigenvalue weighted by molar-refractivity contribution is 6.00. The van der Waals surface area contributed by atoms with E-state index in [0.29, 0.717) is 23.6 Å². The van der Waals surface area contributed by atoms with Crippen molar-refractivity contribution >= 4 is 11.6 Å². The van der Waals surface area contributed by atoms with Crippen LogP contribution in [0.3, 0.4) is 0 Å². The van der Waals surface area contributed by atoms with Gasteiger partial charge in [0.25, 0.3) is 5.91 Å². The van der Waals surface area contributed by atoms with Gasteiger partial charge < -0.3 is 20.5 Å². The Bertz CT molecular complexity index is 462. The normalized spacial score (nSPS) is 22.8. The molecule has 2 atom stereocenters. The van der Waals surface area contributed by atoms with Crippen molar-refractivity contribution in [1.82, 2.24) is 5.32 Å². The molecule has 1 aromatic carbocycles. The number of benzene rings is 1. The van der Waals surface area contributed by atoms with Crippen LogP contribution in [0.5, 0.6) is 5.75 Å². The summed E-state index contributed by atoms with van der Waals surface area (Å²) in [6, 6.07) is 5.34. The van der Waals surface area contributed by atoms with Gasteiger partial charge in [-0.15, -0.1) is 0 Å². The molecule has 2 unspecified atom stereocenters. The number of nitrogens with two attached hydrogens (primary N) is 1. The zero-order chi connectivity index (χ0) is 13.8. The van der Waals surface area contributed by atoms with Crippen LogP contribution in [0.1, 0.15) is 30.1 Å². The van der Waals surface area contributed by atoms with Crippen LogP contribution in [0, 0.1) is 0 Å². The molecule has 2 rings (SSSR count). The Morgan fingerprint density at radius 3 is 3.00 bits per heavy atom. The molecular weight excluding hydrogens is 244 g/mol. The second-order valence-corrected chi connectivity index (χ2v) is 4.80. The van der Waals surface area contributed by atoms with Gasteiger partial charge in [-0.1, -0.05) is 6.07 Å². The average molecular weight is 264 g/mol. The van der Waals surface area contributed by atoms with Crippen molar-refractivity contribution in [2.45, 2.75) is 31.9 Å². The fourth-order valence-electron chi connectivity index (χ4n) is 2.31. The summed E-state index contributed by atoms with van der Waals surface area (Å²) in [6.45, 7) is 2.69. The number of anilines is 1. The number of nitrogens with one attached hydrogen (secondary N) is 1. The number of hydrogen-bond acceptors (Lipinski definition) is 4. The van der Waals surface area contributed by atoms with Crippen LogP contribution in [0.15, 0.2) is 18.2 Å². The SMILES string of the molecule is COc1cccc(C(=O)NC2CCOC(C)C2)c1N. The van der Waals surface area contributed by atoms with Crippen molar-refractivity contribution in [3.8, 4) is 5.75 Å². The summed E-state index contributed by atoms with van der Waals surface area (Å²) in [4.78, 5) is 12.2. The number of methoxy groups -OCH3 is 1. The van der Waals surface area contributed by atoms with E-state index in [-0.39, 0.29) is 18.1 Å². The third-order valence-electron chi connectivity index (χ3n) is 3.35. The number of nitrogen functional groups attached to an aromatic ring is 1. The van der Waals surface area contributed by atoms with E-state index in [4.69, 9.17) is 15.2 Å². The highest BCUT2D eigenvalue weighted by atomic mass is 16.5. The minimum Gasteiger partial charge on any atom is -0.495 e. The van der Waals surface area contributed by atoms with Crippen molar-refractivity contribution in [3.63, 3.8) is 0 Å². The first-order valence-corrected chi connectivity index (χ1v) is 6.46. The van der Waals surface area contributed by atoms with Crippen LogP contribution < -0.4 is 15.8 Å². The molecule has 19 heavy (non-hydrogen) atoms. The Balaban J connectivity index is 2.07. The molecule has 0 spiro atoms. The molecule has 1 aromatic rings. The van der Waals surface area contributed by atoms with Crippen molar-refractivity contribution < 1.29 is 14.3 Å². The maximum absolute atomic E-state index is 12.2. The molecule has 1 amide bonds. The van der Waals surface area contributed by atoms with Crippen molar-refractivity contribution in [1.29, 1.82) is 0 Å². The summed E-state index contributed by atoms with van der Waals surface area (Å²) >= 11 is 0. The van der Waals surface area contributed by atoms with E-state index < -0.39 is 0 Å². The van der Waals surface area contributed by atoms with E-state index in [9.17, 15) is 4.79 Å². The van der Waals surface area contributed by atoms with Gasteiger partial charge in [0.05, 0.1) is 24.5 Å². The van der Waals surface area contributed by atoms with Crippen LogP contribution in [0.4, 0.5) is 5.69 Å². The third-order valence-corrected chi connectivity index (χ3v) is 3.35. The molecule has 5 nitrogen and oxygen atoms in total. The van der Waals surface area contributed by atoms with E-state index in [0.717, 1.165) is 12.8 Å². The lowest BCUT2D eigenvalue weighted by Crippen LogP contribution is -2.41. The Hall–Kier alpha value is -1.75. The number of rotatable bonds is 3. The van der Waals surface area contributed by atoms with E-state index in [1.807, 2.05) is 6.92 Å². The van der Waals surface area contributed by atoms with Gasteiger partial charge >= 0.3 is 0 Å². The highest BCUT2D eigenvalue weighted by Gasteiger charge is 2.22.